The molecule has 0 saturated heterocycles. The standard InChI is InChI=1S/C23H18N4O5S/c1-30-16-7-3-5-14(11-16)21-24-19(32-25-21)13-26-18-9-10-33-20(18)22(28)27(23(26)29)15-6-4-8-17(12-15)31-2/h3-12H,13H2,1-2H3. The van der Waals surface area contributed by atoms with E-state index in [0.717, 1.165) is 10.1 Å². The van der Waals surface area contributed by atoms with E-state index in [2.05, 4.69) is 10.1 Å². The van der Waals surface area contributed by atoms with Crippen molar-refractivity contribution < 1.29 is 14.0 Å². The van der Waals surface area contributed by atoms with Gasteiger partial charge in [-0.2, -0.15) is 4.98 Å². The van der Waals surface area contributed by atoms with Crippen LogP contribution in [-0.2, 0) is 6.54 Å². The summed E-state index contributed by atoms with van der Waals surface area (Å²) in [6.07, 6.45) is 0. The zero-order valence-electron chi connectivity index (χ0n) is 17.7. The van der Waals surface area contributed by atoms with E-state index < -0.39 is 11.2 Å². The first-order valence-electron chi connectivity index (χ1n) is 9.93. The Balaban J connectivity index is 1.61. The van der Waals surface area contributed by atoms with Gasteiger partial charge >= 0.3 is 5.69 Å². The number of nitrogens with zero attached hydrogens (tertiary/aromatic N) is 4. The summed E-state index contributed by atoms with van der Waals surface area (Å²) in [7, 11) is 3.11. The van der Waals surface area contributed by atoms with Crippen LogP contribution in [0.2, 0.25) is 0 Å². The monoisotopic (exact) mass is 462 g/mol. The minimum atomic E-state index is -0.514. The topological polar surface area (TPSA) is 101 Å². The summed E-state index contributed by atoms with van der Waals surface area (Å²) in [6.45, 7) is 0.00723. The average molecular weight is 462 g/mol. The van der Waals surface area contributed by atoms with Crippen molar-refractivity contribution in [3.8, 4) is 28.6 Å². The zero-order chi connectivity index (χ0) is 22.9. The van der Waals surface area contributed by atoms with Crippen LogP contribution in [0.3, 0.4) is 0 Å². The molecule has 0 aliphatic carbocycles. The second-order valence-corrected chi connectivity index (χ2v) is 8.01. The van der Waals surface area contributed by atoms with Crippen LogP contribution in [0.1, 0.15) is 5.89 Å². The molecule has 0 N–H and O–H groups in total. The van der Waals surface area contributed by atoms with Crippen molar-refractivity contribution in [3.63, 3.8) is 0 Å². The molecule has 0 atom stereocenters. The predicted molar refractivity (Wildman–Crippen MR) is 124 cm³/mol. The highest BCUT2D eigenvalue weighted by Crippen LogP contribution is 2.22. The minimum absolute atomic E-state index is 0.00723. The van der Waals surface area contributed by atoms with Gasteiger partial charge in [-0.3, -0.25) is 9.36 Å². The molecular formula is C23H18N4O5S. The molecule has 10 heteroatoms. The fraction of sp³-hybridized carbons (Fsp3) is 0.130. The number of methoxy groups -OCH3 is 2. The van der Waals surface area contributed by atoms with Crippen molar-refractivity contribution in [1.82, 2.24) is 19.3 Å². The average Bonchev–Trinajstić information content (AvgIpc) is 3.52. The Morgan fingerprint density at radius 3 is 2.55 bits per heavy atom. The van der Waals surface area contributed by atoms with Gasteiger partial charge in [-0.1, -0.05) is 23.4 Å². The largest absolute Gasteiger partial charge is 0.497 e. The van der Waals surface area contributed by atoms with E-state index in [1.807, 2.05) is 18.2 Å². The summed E-state index contributed by atoms with van der Waals surface area (Å²) >= 11 is 1.27. The van der Waals surface area contributed by atoms with Crippen molar-refractivity contribution >= 4 is 21.6 Å². The van der Waals surface area contributed by atoms with Gasteiger partial charge in [0.25, 0.3) is 5.56 Å². The number of hydrogen-bond donors (Lipinski definition) is 0. The molecule has 0 fully saturated rings. The number of rotatable bonds is 6. The third kappa shape index (κ3) is 3.70. The van der Waals surface area contributed by atoms with Gasteiger partial charge in [-0.25, -0.2) is 9.36 Å². The second kappa shape index (κ2) is 8.40. The fourth-order valence-electron chi connectivity index (χ4n) is 3.55. The van der Waals surface area contributed by atoms with E-state index >= 15 is 0 Å². The predicted octanol–water partition coefficient (Wildman–Crippen LogP) is 3.33. The molecule has 0 radical (unpaired) electrons. The minimum Gasteiger partial charge on any atom is -0.497 e. The Morgan fingerprint density at radius 1 is 1.00 bits per heavy atom. The molecule has 0 aliphatic heterocycles. The zero-order valence-corrected chi connectivity index (χ0v) is 18.5. The molecule has 2 aromatic carbocycles. The Kier molecular flexibility index (Phi) is 5.27. The van der Waals surface area contributed by atoms with Crippen LogP contribution in [0.15, 0.2) is 74.1 Å². The lowest BCUT2D eigenvalue weighted by molar-refractivity contribution is 0.370. The smallest absolute Gasteiger partial charge is 0.336 e. The molecule has 5 aromatic rings. The van der Waals surface area contributed by atoms with E-state index in [0.29, 0.717) is 33.2 Å². The number of hydrogen-bond acceptors (Lipinski definition) is 8. The van der Waals surface area contributed by atoms with Gasteiger partial charge in [-0.05, 0) is 35.7 Å². The van der Waals surface area contributed by atoms with Crippen molar-refractivity contribution in [2.75, 3.05) is 14.2 Å². The summed E-state index contributed by atoms with van der Waals surface area (Å²) in [6, 6.07) is 15.8. The molecule has 0 saturated carbocycles. The summed E-state index contributed by atoms with van der Waals surface area (Å²) in [5, 5.41) is 5.81. The van der Waals surface area contributed by atoms with Gasteiger partial charge in [0.05, 0.1) is 25.4 Å². The van der Waals surface area contributed by atoms with Crippen LogP contribution < -0.4 is 20.7 Å². The van der Waals surface area contributed by atoms with Gasteiger partial charge in [0.2, 0.25) is 11.7 Å². The number of thiophene rings is 1. The molecule has 33 heavy (non-hydrogen) atoms. The van der Waals surface area contributed by atoms with Crippen LogP contribution in [0.25, 0.3) is 27.3 Å². The number of benzene rings is 2. The van der Waals surface area contributed by atoms with Crippen LogP contribution >= 0.6 is 11.3 Å². The fourth-order valence-corrected chi connectivity index (χ4v) is 4.38. The Morgan fingerprint density at radius 2 is 1.76 bits per heavy atom. The van der Waals surface area contributed by atoms with E-state index in [1.54, 1.807) is 48.9 Å². The van der Waals surface area contributed by atoms with Gasteiger partial charge in [-0.15, -0.1) is 11.3 Å². The quantitative estimate of drug-likeness (QED) is 0.381. The first kappa shape index (κ1) is 20.7. The maximum absolute atomic E-state index is 13.4. The first-order valence-corrected chi connectivity index (χ1v) is 10.8. The number of ether oxygens (including phenoxy) is 2. The molecule has 166 valence electrons. The van der Waals surface area contributed by atoms with Gasteiger partial charge in [0.1, 0.15) is 22.7 Å². The van der Waals surface area contributed by atoms with Crippen LogP contribution in [0, 0.1) is 0 Å². The van der Waals surface area contributed by atoms with E-state index in [-0.39, 0.29) is 12.4 Å². The van der Waals surface area contributed by atoms with Gasteiger partial charge in [0, 0.05) is 11.6 Å². The summed E-state index contributed by atoms with van der Waals surface area (Å²) in [5.74, 6) is 1.81. The summed E-state index contributed by atoms with van der Waals surface area (Å²) < 4.78 is 18.9. The molecule has 5 rings (SSSR count). The Hall–Kier alpha value is -4.18. The van der Waals surface area contributed by atoms with Crippen molar-refractivity contribution in [3.05, 3.63) is 86.7 Å². The molecule has 9 nitrogen and oxygen atoms in total. The van der Waals surface area contributed by atoms with Gasteiger partial charge in [0.15, 0.2) is 0 Å². The lowest BCUT2D eigenvalue weighted by Crippen LogP contribution is -2.38. The SMILES string of the molecule is COc1cccc(-c2noc(Cn3c(=O)n(-c4cccc(OC)c4)c(=O)c4sccc43)n2)c1. The maximum atomic E-state index is 13.4. The Labute approximate surface area is 191 Å². The third-order valence-corrected chi connectivity index (χ3v) is 6.05. The molecule has 0 bridgehead atoms. The highest BCUT2D eigenvalue weighted by molar-refractivity contribution is 7.17. The highest BCUT2D eigenvalue weighted by Gasteiger charge is 2.18. The van der Waals surface area contributed by atoms with Crippen LogP contribution in [-0.4, -0.2) is 33.5 Å². The van der Waals surface area contributed by atoms with Crippen LogP contribution in [0.4, 0.5) is 0 Å². The maximum Gasteiger partial charge on any atom is 0.336 e. The van der Waals surface area contributed by atoms with E-state index in [9.17, 15) is 9.59 Å². The van der Waals surface area contributed by atoms with E-state index in [4.69, 9.17) is 14.0 Å². The first-order chi connectivity index (χ1) is 16.1. The second-order valence-electron chi connectivity index (χ2n) is 7.09. The van der Waals surface area contributed by atoms with Crippen molar-refractivity contribution in [2.24, 2.45) is 0 Å². The molecule has 0 amide bonds. The van der Waals surface area contributed by atoms with Gasteiger partial charge < -0.3 is 14.0 Å². The molecule has 0 unspecified atom stereocenters. The van der Waals surface area contributed by atoms with Crippen molar-refractivity contribution in [2.45, 2.75) is 6.54 Å². The number of fused-ring (bicyclic) bond motifs is 1. The lowest BCUT2D eigenvalue weighted by atomic mass is 10.2. The summed E-state index contributed by atoms with van der Waals surface area (Å²) in [5.41, 5.74) is 0.738. The molecular weight excluding hydrogens is 444 g/mol. The van der Waals surface area contributed by atoms with Crippen LogP contribution in [0.5, 0.6) is 11.5 Å². The number of aromatic nitrogens is 4. The normalized spacial score (nSPS) is 11.1. The Bertz CT molecular complexity index is 1580. The highest BCUT2D eigenvalue weighted by atomic mass is 32.1. The molecule has 3 heterocycles. The van der Waals surface area contributed by atoms with E-state index in [1.165, 1.54) is 23.0 Å². The lowest BCUT2D eigenvalue weighted by Gasteiger charge is -2.11. The third-order valence-electron chi connectivity index (χ3n) is 5.16. The molecule has 3 aromatic heterocycles. The molecule has 0 aliphatic rings. The van der Waals surface area contributed by atoms with Crippen molar-refractivity contribution in [1.29, 1.82) is 0 Å². The molecule has 0 spiro atoms. The summed E-state index contributed by atoms with van der Waals surface area (Å²) in [4.78, 5) is 31.0.